The molecule has 2 aromatic carbocycles. The summed E-state index contributed by atoms with van der Waals surface area (Å²) < 4.78 is 0. The van der Waals surface area contributed by atoms with E-state index in [0.29, 0.717) is 0 Å². The highest BCUT2D eigenvalue weighted by molar-refractivity contribution is 14.0. The molecule has 0 fully saturated rings. The van der Waals surface area contributed by atoms with Gasteiger partial charge in [0.05, 0.1) is 0 Å². The lowest BCUT2D eigenvalue weighted by Gasteiger charge is -2.18. The van der Waals surface area contributed by atoms with Crippen LogP contribution < -0.4 is 10.6 Å². The first kappa shape index (κ1) is 27.9. The Labute approximate surface area is 210 Å². The molecule has 0 saturated heterocycles. The number of halogens is 1. The van der Waals surface area contributed by atoms with Gasteiger partial charge in [0, 0.05) is 46.3 Å². The molecule has 0 aliphatic rings. The average Bonchev–Trinajstić information content (AvgIpc) is 2.79. The van der Waals surface area contributed by atoms with E-state index < -0.39 is 0 Å². The van der Waals surface area contributed by atoms with Crippen molar-refractivity contribution in [3.05, 3.63) is 70.8 Å². The number of carbonyl (C=O) groups is 1. The second-order valence-electron chi connectivity index (χ2n) is 7.78. The molecule has 0 bridgehead atoms. The van der Waals surface area contributed by atoms with Crippen LogP contribution in [-0.4, -0.2) is 62.4 Å². The predicted octanol–water partition coefficient (Wildman–Crippen LogP) is 3.76. The molecular formula is C25H38IN5O. The van der Waals surface area contributed by atoms with Gasteiger partial charge < -0.3 is 15.5 Å². The zero-order chi connectivity index (χ0) is 22.6. The Bertz CT molecular complexity index is 865. The molecular weight excluding hydrogens is 513 g/mol. The molecule has 0 spiro atoms. The third kappa shape index (κ3) is 9.16. The monoisotopic (exact) mass is 551 g/mol. The van der Waals surface area contributed by atoms with Gasteiger partial charge in [0.25, 0.3) is 5.91 Å². The molecule has 0 aromatic heterocycles. The Kier molecular flexibility index (Phi) is 12.9. The van der Waals surface area contributed by atoms with Gasteiger partial charge in [-0.15, -0.1) is 24.0 Å². The molecule has 32 heavy (non-hydrogen) atoms. The lowest BCUT2D eigenvalue weighted by molar-refractivity contribution is 0.0827. The molecule has 2 aromatic rings. The quantitative estimate of drug-likeness (QED) is 0.268. The van der Waals surface area contributed by atoms with Gasteiger partial charge in [-0.05, 0) is 48.3 Å². The summed E-state index contributed by atoms with van der Waals surface area (Å²) in [6, 6.07) is 16.5. The highest BCUT2D eigenvalue weighted by Crippen LogP contribution is 2.09. The number of carbonyl (C=O) groups excluding carboxylic acids is 1. The van der Waals surface area contributed by atoms with E-state index in [0.717, 1.165) is 56.2 Å². The molecule has 0 saturated carbocycles. The van der Waals surface area contributed by atoms with E-state index >= 15 is 0 Å². The van der Waals surface area contributed by atoms with Gasteiger partial charge in [0.15, 0.2) is 5.96 Å². The van der Waals surface area contributed by atoms with Crippen LogP contribution in [0.25, 0.3) is 0 Å². The SMILES string of the molecule is CCN(CC)Cc1cccc(CNC(=NC)NCCc2cccc(C(=O)N(C)C)c2)c1.I. The van der Waals surface area contributed by atoms with Crippen molar-refractivity contribution in [1.82, 2.24) is 20.4 Å². The van der Waals surface area contributed by atoms with Gasteiger partial charge in [-0.1, -0.05) is 50.2 Å². The van der Waals surface area contributed by atoms with Crippen molar-refractivity contribution in [2.24, 2.45) is 4.99 Å². The van der Waals surface area contributed by atoms with Crippen LogP contribution >= 0.6 is 24.0 Å². The fourth-order valence-corrected chi connectivity index (χ4v) is 3.39. The maximum atomic E-state index is 12.1. The van der Waals surface area contributed by atoms with Crippen molar-refractivity contribution in [3.63, 3.8) is 0 Å². The summed E-state index contributed by atoms with van der Waals surface area (Å²) in [6.07, 6.45) is 0.814. The maximum absolute atomic E-state index is 12.1. The second kappa shape index (κ2) is 14.8. The van der Waals surface area contributed by atoms with Crippen LogP contribution in [0.4, 0.5) is 0 Å². The largest absolute Gasteiger partial charge is 0.356 e. The number of guanidine groups is 1. The average molecular weight is 552 g/mol. The highest BCUT2D eigenvalue weighted by atomic mass is 127. The third-order valence-corrected chi connectivity index (χ3v) is 5.26. The number of aliphatic imine (C=N–C) groups is 1. The van der Waals surface area contributed by atoms with Gasteiger partial charge in [0.1, 0.15) is 0 Å². The Hall–Kier alpha value is -2.13. The molecule has 1 amide bonds. The molecule has 0 heterocycles. The second-order valence-corrected chi connectivity index (χ2v) is 7.78. The number of nitrogens with zero attached hydrogens (tertiary/aromatic N) is 3. The van der Waals surface area contributed by atoms with E-state index in [1.807, 2.05) is 24.3 Å². The topological polar surface area (TPSA) is 60.0 Å². The molecule has 7 heteroatoms. The summed E-state index contributed by atoms with van der Waals surface area (Å²) in [5.41, 5.74) is 4.41. The van der Waals surface area contributed by atoms with Gasteiger partial charge in [0.2, 0.25) is 0 Å². The molecule has 2 rings (SSSR count). The van der Waals surface area contributed by atoms with Crippen LogP contribution in [0.15, 0.2) is 53.5 Å². The normalized spacial score (nSPS) is 11.1. The lowest BCUT2D eigenvalue weighted by Crippen LogP contribution is -2.37. The number of nitrogens with one attached hydrogen (secondary N) is 2. The van der Waals surface area contributed by atoms with Crippen LogP contribution in [0.1, 0.15) is 40.9 Å². The van der Waals surface area contributed by atoms with Gasteiger partial charge in [-0.25, -0.2) is 0 Å². The number of rotatable bonds is 10. The maximum Gasteiger partial charge on any atom is 0.253 e. The Balaban J connectivity index is 0.00000512. The van der Waals surface area contributed by atoms with E-state index in [4.69, 9.17) is 0 Å². The standard InChI is InChI=1S/C25H37N5O.HI/c1-6-30(7-2)19-22-12-8-11-21(16-22)18-28-25(26-3)27-15-14-20-10-9-13-23(17-20)24(31)29(4)5;/h8-13,16-17H,6-7,14-15,18-19H2,1-5H3,(H2,26,27,28);1H. The Morgan fingerprint density at radius 3 is 2.25 bits per heavy atom. The van der Waals surface area contributed by atoms with Crippen LogP contribution in [0.5, 0.6) is 0 Å². The summed E-state index contributed by atoms with van der Waals surface area (Å²) in [6.45, 7) is 8.94. The van der Waals surface area contributed by atoms with Gasteiger partial charge >= 0.3 is 0 Å². The molecule has 0 radical (unpaired) electrons. The minimum absolute atomic E-state index is 0. The third-order valence-electron chi connectivity index (χ3n) is 5.26. The van der Waals surface area contributed by atoms with Gasteiger partial charge in [-0.2, -0.15) is 0 Å². The van der Waals surface area contributed by atoms with Crippen molar-refractivity contribution in [2.75, 3.05) is 40.8 Å². The fraction of sp³-hybridized carbons (Fsp3) is 0.440. The van der Waals surface area contributed by atoms with E-state index in [1.54, 1.807) is 26.0 Å². The van der Waals surface area contributed by atoms with Crippen molar-refractivity contribution in [2.45, 2.75) is 33.4 Å². The first-order chi connectivity index (χ1) is 15.0. The molecule has 0 atom stereocenters. The fourth-order valence-electron chi connectivity index (χ4n) is 3.39. The first-order valence-electron chi connectivity index (χ1n) is 11.0. The van der Waals surface area contributed by atoms with E-state index in [9.17, 15) is 4.79 Å². The number of benzene rings is 2. The molecule has 0 aliphatic carbocycles. The van der Waals surface area contributed by atoms with Crippen molar-refractivity contribution in [1.29, 1.82) is 0 Å². The van der Waals surface area contributed by atoms with Crippen molar-refractivity contribution < 1.29 is 4.79 Å². The number of hydrogen-bond acceptors (Lipinski definition) is 3. The molecule has 0 aliphatic heterocycles. The van der Waals surface area contributed by atoms with Crippen LogP contribution in [-0.2, 0) is 19.5 Å². The summed E-state index contributed by atoms with van der Waals surface area (Å²) in [5, 5.41) is 6.75. The molecule has 176 valence electrons. The van der Waals surface area contributed by atoms with Crippen LogP contribution in [0, 0.1) is 0 Å². The number of amides is 1. The highest BCUT2D eigenvalue weighted by Gasteiger charge is 2.08. The lowest BCUT2D eigenvalue weighted by atomic mass is 10.1. The van der Waals surface area contributed by atoms with Gasteiger partial charge in [-0.3, -0.25) is 14.7 Å². The van der Waals surface area contributed by atoms with E-state index in [1.165, 1.54) is 11.1 Å². The Morgan fingerprint density at radius 2 is 1.59 bits per heavy atom. The molecule has 6 nitrogen and oxygen atoms in total. The Morgan fingerprint density at radius 1 is 0.938 bits per heavy atom. The van der Waals surface area contributed by atoms with Crippen LogP contribution in [0.3, 0.4) is 0 Å². The zero-order valence-corrected chi connectivity index (χ0v) is 22.3. The first-order valence-corrected chi connectivity index (χ1v) is 11.0. The summed E-state index contributed by atoms with van der Waals surface area (Å²) in [5.74, 6) is 0.796. The molecule has 0 unspecified atom stereocenters. The number of hydrogen-bond donors (Lipinski definition) is 2. The predicted molar refractivity (Wildman–Crippen MR) is 145 cm³/mol. The zero-order valence-electron chi connectivity index (χ0n) is 20.0. The summed E-state index contributed by atoms with van der Waals surface area (Å²) in [7, 11) is 5.32. The minimum Gasteiger partial charge on any atom is -0.356 e. The van der Waals surface area contributed by atoms with Crippen molar-refractivity contribution >= 4 is 35.8 Å². The van der Waals surface area contributed by atoms with E-state index in [-0.39, 0.29) is 29.9 Å². The summed E-state index contributed by atoms with van der Waals surface area (Å²) >= 11 is 0. The van der Waals surface area contributed by atoms with E-state index in [2.05, 4.69) is 58.6 Å². The summed E-state index contributed by atoms with van der Waals surface area (Å²) in [4.78, 5) is 20.5. The molecule has 2 N–H and O–H groups in total. The minimum atomic E-state index is 0. The smallest absolute Gasteiger partial charge is 0.253 e. The van der Waals surface area contributed by atoms with Crippen molar-refractivity contribution in [3.8, 4) is 0 Å². The van der Waals surface area contributed by atoms with Crippen LogP contribution in [0.2, 0.25) is 0 Å².